The maximum absolute atomic E-state index is 4.40. The van der Waals surface area contributed by atoms with Gasteiger partial charge in [0.05, 0.1) is 5.69 Å². The molecule has 0 radical (unpaired) electrons. The van der Waals surface area contributed by atoms with Crippen LogP contribution >= 0.6 is 0 Å². The Hall–Kier alpha value is -0.830. The van der Waals surface area contributed by atoms with Crippen LogP contribution in [0.15, 0.2) is 12.3 Å². The van der Waals surface area contributed by atoms with Gasteiger partial charge in [0.25, 0.3) is 0 Å². The highest BCUT2D eigenvalue weighted by Crippen LogP contribution is 2.50. The number of nitrogens with one attached hydrogen (secondary N) is 1. The Kier molecular flexibility index (Phi) is 3.42. The second-order valence-corrected chi connectivity index (χ2v) is 6.08. The van der Waals surface area contributed by atoms with Crippen molar-refractivity contribution in [2.45, 2.75) is 51.6 Å². The Morgan fingerprint density at radius 2 is 2.33 bits per heavy atom. The van der Waals surface area contributed by atoms with Crippen LogP contribution in [0.4, 0.5) is 0 Å². The summed E-state index contributed by atoms with van der Waals surface area (Å²) in [5.41, 5.74) is 1.36. The van der Waals surface area contributed by atoms with Gasteiger partial charge in [0, 0.05) is 18.8 Å². The molecule has 0 aromatic carbocycles. The van der Waals surface area contributed by atoms with E-state index in [1.807, 2.05) is 6.20 Å². The lowest BCUT2D eigenvalue weighted by Gasteiger charge is -2.27. The minimum atomic E-state index is 0.483. The second kappa shape index (κ2) is 5.04. The molecule has 2 aliphatic carbocycles. The van der Waals surface area contributed by atoms with E-state index in [-0.39, 0.29) is 0 Å². The van der Waals surface area contributed by atoms with Crippen LogP contribution in [0.1, 0.15) is 50.8 Å². The van der Waals surface area contributed by atoms with E-state index >= 15 is 0 Å². The monoisotopic (exact) mass is 247 g/mol. The molecule has 2 fully saturated rings. The van der Waals surface area contributed by atoms with Gasteiger partial charge < -0.3 is 5.32 Å². The maximum Gasteiger partial charge on any atom is 0.0553 e. The van der Waals surface area contributed by atoms with Gasteiger partial charge in [-0.2, -0.15) is 5.10 Å². The molecule has 0 aliphatic heterocycles. The smallest absolute Gasteiger partial charge is 0.0553 e. The van der Waals surface area contributed by atoms with Gasteiger partial charge in [0.15, 0.2) is 0 Å². The van der Waals surface area contributed by atoms with Crippen molar-refractivity contribution in [3.8, 4) is 0 Å². The highest BCUT2D eigenvalue weighted by molar-refractivity contribution is 5.08. The highest BCUT2D eigenvalue weighted by atomic mass is 15.3. The average molecular weight is 247 g/mol. The van der Waals surface area contributed by atoms with E-state index in [4.69, 9.17) is 0 Å². The molecule has 18 heavy (non-hydrogen) atoms. The highest BCUT2D eigenvalue weighted by Gasteiger charge is 2.40. The molecule has 100 valence electrons. The number of nitrogens with zero attached hydrogens (tertiary/aromatic N) is 2. The molecular weight excluding hydrogens is 222 g/mol. The Labute approximate surface area is 110 Å². The zero-order valence-electron chi connectivity index (χ0n) is 11.6. The SMILES string of the molecule is CCn1nccc1C(CC1CC2CCC1C2)NC. The Morgan fingerprint density at radius 3 is 2.94 bits per heavy atom. The van der Waals surface area contributed by atoms with Crippen molar-refractivity contribution < 1.29 is 0 Å². The van der Waals surface area contributed by atoms with Crippen molar-refractivity contribution in [1.29, 1.82) is 0 Å². The molecule has 3 nitrogen and oxygen atoms in total. The van der Waals surface area contributed by atoms with E-state index in [2.05, 4.69) is 35.1 Å². The average Bonchev–Trinajstić information content (AvgIpc) is 3.10. The molecule has 4 unspecified atom stereocenters. The number of fused-ring (bicyclic) bond motifs is 2. The van der Waals surface area contributed by atoms with Crippen molar-refractivity contribution in [1.82, 2.24) is 15.1 Å². The summed E-state index contributed by atoms with van der Waals surface area (Å²) in [6, 6.07) is 2.66. The van der Waals surface area contributed by atoms with Crippen LogP contribution in [0.3, 0.4) is 0 Å². The van der Waals surface area contributed by atoms with Gasteiger partial charge in [-0.25, -0.2) is 0 Å². The fraction of sp³-hybridized carbons (Fsp3) is 0.800. The van der Waals surface area contributed by atoms with Crippen molar-refractivity contribution in [2.75, 3.05) is 7.05 Å². The van der Waals surface area contributed by atoms with Crippen molar-refractivity contribution in [3.63, 3.8) is 0 Å². The van der Waals surface area contributed by atoms with Crippen LogP contribution in [0.2, 0.25) is 0 Å². The van der Waals surface area contributed by atoms with Gasteiger partial charge in [0.2, 0.25) is 0 Å². The molecule has 0 spiro atoms. The first-order valence-electron chi connectivity index (χ1n) is 7.50. The molecule has 3 rings (SSSR count). The number of rotatable bonds is 5. The Bertz CT molecular complexity index is 398. The zero-order chi connectivity index (χ0) is 12.5. The van der Waals surface area contributed by atoms with E-state index < -0.39 is 0 Å². The third kappa shape index (κ3) is 2.09. The second-order valence-electron chi connectivity index (χ2n) is 6.08. The Balaban J connectivity index is 1.69. The third-order valence-corrected chi connectivity index (χ3v) is 5.18. The van der Waals surface area contributed by atoms with E-state index in [1.165, 1.54) is 37.8 Å². The molecule has 3 heteroatoms. The fourth-order valence-corrected chi connectivity index (χ4v) is 4.26. The number of aromatic nitrogens is 2. The van der Waals surface area contributed by atoms with Crippen LogP contribution in [0.25, 0.3) is 0 Å². The summed E-state index contributed by atoms with van der Waals surface area (Å²) in [5.74, 6) is 3.01. The van der Waals surface area contributed by atoms with Crippen LogP contribution in [0, 0.1) is 17.8 Å². The third-order valence-electron chi connectivity index (χ3n) is 5.18. The molecule has 2 bridgehead atoms. The van der Waals surface area contributed by atoms with Crippen LogP contribution in [-0.4, -0.2) is 16.8 Å². The molecular formula is C15H25N3. The summed E-state index contributed by atoms with van der Waals surface area (Å²) in [4.78, 5) is 0. The maximum atomic E-state index is 4.40. The quantitative estimate of drug-likeness (QED) is 0.867. The topological polar surface area (TPSA) is 29.9 Å². The van der Waals surface area contributed by atoms with Gasteiger partial charge in [0.1, 0.15) is 0 Å². The van der Waals surface area contributed by atoms with Crippen LogP contribution < -0.4 is 5.32 Å². The molecule has 1 heterocycles. The molecule has 0 saturated heterocycles. The van der Waals surface area contributed by atoms with Crippen molar-refractivity contribution in [2.24, 2.45) is 17.8 Å². The first kappa shape index (κ1) is 12.2. The van der Waals surface area contributed by atoms with Crippen LogP contribution in [-0.2, 0) is 6.54 Å². The lowest BCUT2D eigenvalue weighted by Crippen LogP contribution is -2.25. The predicted molar refractivity (Wildman–Crippen MR) is 73.3 cm³/mol. The van der Waals surface area contributed by atoms with E-state index in [9.17, 15) is 0 Å². The predicted octanol–water partition coefficient (Wildman–Crippen LogP) is 2.99. The molecule has 2 saturated carbocycles. The summed E-state index contributed by atoms with van der Waals surface area (Å²) in [5, 5.41) is 7.91. The van der Waals surface area contributed by atoms with Gasteiger partial charge in [-0.15, -0.1) is 0 Å². The zero-order valence-corrected chi connectivity index (χ0v) is 11.6. The minimum Gasteiger partial charge on any atom is -0.312 e. The fourth-order valence-electron chi connectivity index (χ4n) is 4.26. The van der Waals surface area contributed by atoms with E-state index in [1.54, 1.807) is 0 Å². The lowest BCUT2D eigenvalue weighted by molar-refractivity contribution is 0.279. The summed E-state index contributed by atoms with van der Waals surface area (Å²) in [6.45, 7) is 3.14. The largest absolute Gasteiger partial charge is 0.312 e. The Morgan fingerprint density at radius 1 is 1.44 bits per heavy atom. The van der Waals surface area contributed by atoms with Crippen molar-refractivity contribution >= 4 is 0 Å². The standard InChI is InChI=1S/C15H25N3/c1-3-18-15(6-7-17-18)14(16-2)10-13-9-11-4-5-12(13)8-11/h6-7,11-14,16H,3-5,8-10H2,1-2H3. The normalized spacial score (nSPS) is 32.0. The van der Waals surface area contributed by atoms with E-state index in [0.717, 1.165) is 24.3 Å². The summed E-state index contributed by atoms with van der Waals surface area (Å²) in [7, 11) is 2.09. The van der Waals surface area contributed by atoms with Gasteiger partial charge in [-0.05, 0) is 63.5 Å². The number of aryl methyl sites for hydroxylation is 1. The van der Waals surface area contributed by atoms with Gasteiger partial charge in [-0.1, -0.05) is 6.42 Å². The molecule has 0 amide bonds. The van der Waals surface area contributed by atoms with Crippen LogP contribution in [0.5, 0.6) is 0 Å². The molecule has 1 aromatic rings. The first-order valence-corrected chi connectivity index (χ1v) is 7.50. The van der Waals surface area contributed by atoms with Gasteiger partial charge in [-0.3, -0.25) is 4.68 Å². The summed E-state index contributed by atoms with van der Waals surface area (Å²) >= 11 is 0. The number of hydrogen-bond donors (Lipinski definition) is 1. The lowest BCUT2D eigenvalue weighted by atomic mass is 9.83. The van der Waals surface area contributed by atoms with E-state index in [0.29, 0.717) is 6.04 Å². The molecule has 1 N–H and O–H groups in total. The molecule has 1 aromatic heterocycles. The van der Waals surface area contributed by atoms with Crippen molar-refractivity contribution in [3.05, 3.63) is 18.0 Å². The summed E-state index contributed by atoms with van der Waals surface area (Å²) < 4.78 is 2.13. The summed E-state index contributed by atoms with van der Waals surface area (Å²) in [6.07, 6.45) is 9.20. The molecule has 4 atom stereocenters. The molecule has 2 aliphatic rings. The minimum absolute atomic E-state index is 0.483. The number of hydrogen-bond acceptors (Lipinski definition) is 2. The first-order chi connectivity index (χ1) is 8.81. The van der Waals surface area contributed by atoms with Gasteiger partial charge >= 0.3 is 0 Å².